The lowest BCUT2D eigenvalue weighted by Crippen LogP contribution is -2.28. The van der Waals surface area contributed by atoms with E-state index in [0.29, 0.717) is 21.7 Å². The van der Waals surface area contributed by atoms with E-state index in [9.17, 15) is 0 Å². The van der Waals surface area contributed by atoms with Crippen LogP contribution in [-0.2, 0) is 28.1 Å². The Balaban J connectivity index is 0.000000152. The predicted octanol–water partition coefficient (Wildman–Crippen LogP) is 19.6. The van der Waals surface area contributed by atoms with E-state index in [1.807, 2.05) is 47.0 Å². The van der Waals surface area contributed by atoms with Gasteiger partial charge in [0.15, 0.2) is 0 Å². The molecular formula is C52H68Br4S4. The fourth-order valence-electron chi connectivity index (χ4n) is 9.10. The van der Waals surface area contributed by atoms with Gasteiger partial charge < -0.3 is 0 Å². The lowest BCUT2D eigenvalue weighted by Gasteiger charge is -2.38. The second-order valence-electron chi connectivity index (χ2n) is 18.3. The molecule has 0 unspecified atom stereocenters. The summed E-state index contributed by atoms with van der Waals surface area (Å²) in [6, 6.07) is 20.8. The quantitative estimate of drug-likeness (QED) is 0.195. The van der Waals surface area contributed by atoms with E-state index in [1.165, 1.54) is 140 Å². The average Bonchev–Trinajstić information content (AvgIpc) is 3.22. The molecule has 4 aliphatic heterocycles. The SMILES string of the molecule is CCC1(CC)CCSc2cc(C)c(Br)cc21.CCC1(CC)CCSc2ccc(Br)cc21.CCc1cc2c(cc1Br)C(C)(C)CCS2.Cc1cc2c(cc1Br)C(C)(C)CCS2. The molecule has 0 N–H and O–H groups in total. The van der Waals surface area contributed by atoms with Crippen molar-refractivity contribution in [2.75, 3.05) is 23.0 Å². The average molecular weight is 1140 g/mol. The maximum Gasteiger partial charge on any atom is 0.0210 e. The third kappa shape index (κ3) is 11.8. The number of rotatable bonds is 5. The molecule has 0 amide bonds. The molecule has 0 spiro atoms. The van der Waals surface area contributed by atoms with Gasteiger partial charge in [0.2, 0.25) is 0 Å². The molecule has 8 rings (SSSR count). The standard InChI is InChI=1S/C14H19BrS.2C13H17BrS.C12H15BrS/c1-4-14(5-2)6-7-16-13-8-10(3)12(15)9-11(13)14;1-4-9-7-12-10(8-11(9)14)13(2,3)5-6-15-12;1-3-13(4-2)7-8-15-12-6-5-10(14)9-11(12)13;1-8-6-11-9(7-10(8)13)12(2,3)4-5-14-11/h8-9H,4-7H2,1-3H3;7-8H,4-6H2,1-3H3;5-6,9H,3-4,7-8H2,1-2H3;6-7H,4-5H2,1-3H3. The van der Waals surface area contributed by atoms with Gasteiger partial charge >= 0.3 is 0 Å². The Morgan fingerprint density at radius 1 is 0.450 bits per heavy atom. The summed E-state index contributed by atoms with van der Waals surface area (Å²) in [6.45, 7) is 25.2. The molecule has 60 heavy (non-hydrogen) atoms. The fraction of sp³-hybridized carbons (Fsp3) is 0.538. The molecule has 8 heteroatoms. The molecule has 4 heterocycles. The molecule has 4 aromatic carbocycles. The van der Waals surface area contributed by atoms with Crippen LogP contribution in [0, 0.1) is 13.8 Å². The number of aryl methyl sites for hydroxylation is 3. The Hall–Kier alpha value is 0.200. The zero-order valence-corrected chi connectivity index (χ0v) is 47.6. The summed E-state index contributed by atoms with van der Waals surface area (Å²) >= 11 is 22.6. The highest BCUT2D eigenvalue weighted by molar-refractivity contribution is 9.11. The minimum atomic E-state index is 0.343. The summed E-state index contributed by atoms with van der Waals surface area (Å²) in [5.41, 5.74) is 11.8. The number of benzene rings is 4. The topological polar surface area (TPSA) is 0 Å². The van der Waals surface area contributed by atoms with Gasteiger partial charge in [0.25, 0.3) is 0 Å². The van der Waals surface area contributed by atoms with Crippen molar-refractivity contribution >= 4 is 111 Å². The molecule has 0 fully saturated rings. The van der Waals surface area contributed by atoms with Crippen LogP contribution in [0.15, 0.2) is 92.1 Å². The highest BCUT2D eigenvalue weighted by Crippen LogP contribution is 2.49. The van der Waals surface area contributed by atoms with Crippen LogP contribution in [0.25, 0.3) is 0 Å². The normalized spacial score (nSPS) is 18.6. The van der Waals surface area contributed by atoms with Crippen molar-refractivity contribution in [3.63, 3.8) is 0 Å². The largest absolute Gasteiger partial charge is 0.126 e. The maximum atomic E-state index is 3.68. The van der Waals surface area contributed by atoms with Crippen LogP contribution in [0.4, 0.5) is 0 Å². The van der Waals surface area contributed by atoms with Crippen LogP contribution in [-0.4, -0.2) is 23.0 Å². The molecule has 4 aliphatic rings. The molecule has 0 nitrogen and oxygen atoms in total. The lowest BCUT2D eigenvalue weighted by atomic mass is 9.73. The molecule has 0 atom stereocenters. The van der Waals surface area contributed by atoms with Gasteiger partial charge in [-0.3, -0.25) is 0 Å². The number of hydrogen-bond acceptors (Lipinski definition) is 4. The van der Waals surface area contributed by atoms with Crippen LogP contribution in [0.3, 0.4) is 0 Å². The predicted molar refractivity (Wildman–Crippen MR) is 287 cm³/mol. The summed E-state index contributed by atoms with van der Waals surface area (Å²) in [6.07, 6.45) is 11.3. The van der Waals surface area contributed by atoms with E-state index in [-0.39, 0.29) is 0 Å². The van der Waals surface area contributed by atoms with Gasteiger partial charge in [-0.15, -0.1) is 47.0 Å². The van der Waals surface area contributed by atoms with Crippen molar-refractivity contribution in [1.29, 1.82) is 0 Å². The zero-order valence-electron chi connectivity index (χ0n) is 38.0. The van der Waals surface area contributed by atoms with Crippen molar-refractivity contribution in [1.82, 2.24) is 0 Å². The minimum Gasteiger partial charge on any atom is -0.126 e. The lowest BCUT2D eigenvalue weighted by molar-refractivity contribution is 0.373. The second kappa shape index (κ2) is 22.1. The van der Waals surface area contributed by atoms with Crippen LogP contribution in [0.2, 0.25) is 0 Å². The van der Waals surface area contributed by atoms with Gasteiger partial charge in [0, 0.05) is 37.5 Å². The summed E-state index contributed by atoms with van der Waals surface area (Å²) in [5.74, 6) is 5.05. The Kier molecular flexibility index (Phi) is 18.9. The molecular weight excluding hydrogens is 1070 g/mol. The van der Waals surface area contributed by atoms with Crippen LogP contribution < -0.4 is 0 Å². The van der Waals surface area contributed by atoms with Gasteiger partial charge in [-0.05, 0) is 210 Å². The van der Waals surface area contributed by atoms with Crippen molar-refractivity contribution in [3.8, 4) is 0 Å². The zero-order chi connectivity index (χ0) is 44.0. The first-order valence-corrected chi connectivity index (χ1v) is 29.3. The van der Waals surface area contributed by atoms with Crippen LogP contribution in [0.1, 0.15) is 153 Å². The Morgan fingerprint density at radius 3 is 1.30 bits per heavy atom. The summed E-state index contributed by atoms with van der Waals surface area (Å²) in [7, 11) is 0. The first-order valence-electron chi connectivity index (χ1n) is 22.1. The molecule has 4 aromatic rings. The van der Waals surface area contributed by atoms with E-state index in [2.05, 4.69) is 194 Å². The fourth-order valence-corrected chi connectivity index (χ4v) is 16.6. The van der Waals surface area contributed by atoms with Gasteiger partial charge in [0.05, 0.1) is 0 Å². The van der Waals surface area contributed by atoms with E-state index < -0.39 is 0 Å². The number of halogens is 4. The van der Waals surface area contributed by atoms with E-state index in [1.54, 1.807) is 11.1 Å². The minimum absolute atomic E-state index is 0.343. The molecule has 0 bridgehead atoms. The van der Waals surface area contributed by atoms with Crippen molar-refractivity contribution in [2.24, 2.45) is 0 Å². The van der Waals surface area contributed by atoms with Crippen molar-refractivity contribution in [3.05, 3.63) is 111 Å². The van der Waals surface area contributed by atoms with E-state index in [0.717, 1.165) is 6.42 Å². The Labute approximate surface area is 416 Å². The van der Waals surface area contributed by atoms with Crippen LogP contribution in [0.5, 0.6) is 0 Å². The summed E-state index contributed by atoms with van der Waals surface area (Å²) in [5, 5.41) is 0. The van der Waals surface area contributed by atoms with Crippen LogP contribution >= 0.6 is 111 Å². The first kappa shape index (κ1) is 51.2. The number of fused-ring (bicyclic) bond motifs is 4. The highest BCUT2D eigenvalue weighted by atomic mass is 79.9. The monoisotopic (exact) mass is 1140 g/mol. The molecule has 328 valence electrons. The van der Waals surface area contributed by atoms with Gasteiger partial charge in [-0.25, -0.2) is 0 Å². The Morgan fingerprint density at radius 2 is 0.833 bits per heavy atom. The molecule has 0 saturated heterocycles. The van der Waals surface area contributed by atoms with Gasteiger partial charge in [-0.2, -0.15) is 0 Å². The van der Waals surface area contributed by atoms with Gasteiger partial charge in [0.1, 0.15) is 0 Å². The molecule has 0 radical (unpaired) electrons. The number of hydrogen-bond donors (Lipinski definition) is 0. The maximum absolute atomic E-state index is 3.68. The Bertz CT molecular complexity index is 2100. The second-order valence-corrected chi connectivity index (χ2v) is 26.3. The summed E-state index contributed by atoms with van der Waals surface area (Å²) in [4.78, 5) is 5.97. The van der Waals surface area contributed by atoms with E-state index >= 15 is 0 Å². The molecule has 0 aromatic heterocycles. The van der Waals surface area contributed by atoms with Gasteiger partial charge in [-0.1, -0.05) is 126 Å². The third-order valence-corrected chi connectivity index (χ3v) is 21.1. The smallest absolute Gasteiger partial charge is 0.0210 e. The van der Waals surface area contributed by atoms with E-state index in [4.69, 9.17) is 0 Å². The molecule has 0 saturated carbocycles. The highest BCUT2D eigenvalue weighted by Gasteiger charge is 2.35. The third-order valence-electron chi connectivity index (χ3n) is 13.9. The number of thioether (sulfide) groups is 4. The first-order chi connectivity index (χ1) is 28.4. The molecule has 0 aliphatic carbocycles. The summed E-state index contributed by atoms with van der Waals surface area (Å²) < 4.78 is 5.00. The van der Waals surface area contributed by atoms with Crippen molar-refractivity contribution < 1.29 is 0 Å². The van der Waals surface area contributed by atoms with Crippen molar-refractivity contribution in [2.45, 2.75) is 175 Å².